The smallest absolute Gasteiger partial charge is 0.0984 e. The van der Waals surface area contributed by atoms with Crippen LogP contribution in [0.25, 0.3) is 11.1 Å². The Labute approximate surface area is 151 Å². The summed E-state index contributed by atoms with van der Waals surface area (Å²) in [5, 5.41) is 22.9. The quantitative estimate of drug-likeness (QED) is 0.561. The van der Waals surface area contributed by atoms with Crippen molar-refractivity contribution in [3.05, 3.63) is 95.0 Å². The Morgan fingerprint density at radius 1 is 0.880 bits per heavy atom. The minimum absolute atomic E-state index is 0.0434. The van der Waals surface area contributed by atoms with Crippen LogP contribution in [-0.2, 0) is 0 Å². The topological polar surface area (TPSA) is 55.7 Å². The van der Waals surface area contributed by atoms with E-state index in [1.165, 1.54) is 0 Å². The SMILES string of the molecule is [O-]C(=NC[C@H](O)c1ccccc1)c1ccc(-c2ccc(Cl)cc2)cc1. The van der Waals surface area contributed by atoms with Crippen molar-refractivity contribution in [2.75, 3.05) is 6.54 Å². The molecule has 0 bridgehead atoms. The lowest BCUT2D eigenvalue weighted by molar-refractivity contribution is -0.213. The number of nitrogens with zero attached hydrogens (tertiary/aromatic N) is 1. The van der Waals surface area contributed by atoms with E-state index in [0.29, 0.717) is 10.6 Å². The summed E-state index contributed by atoms with van der Waals surface area (Å²) in [6.07, 6.45) is -0.779. The van der Waals surface area contributed by atoms with Crippen LogP contribution < -0.4 is 5.11 Å². The highest BCUT2D eigenvalue weighted by atomic mass is 35.5. The second-order valence-electron chi connectivity index (χ2n) is 5.66. The van der Waals surface area contributed by atoms with Crippen molar-refractivity contribution in [2.45, 2.75) is 6.10 Å². The van der Waals surface area contributed by atoms with Gasteiger partial charge in [-0.15, -0.1) is 0 Å². The summed E-state index contributed by atoms with van der Waals surface area (Å²) in [4.78, 5) is 3.98. The Balaban J connectivity index is 1.70. The van der Waals surface area contributed by atoms with Crippen molar-refractivity contribution in [1.29, 1.82) is 0 Å². The van der Waals surface area contributed by atoms with Crippen molar-refractivity contribution in [3.8, 4) is 11.1 Å². The van der Waals surface area contributed by atoms with Crippen LogP contribution in [-0.4, -0.2) is 17.5 Å². The lowest BCUT2D eigenvalue weighted by atomic mass is 10.0. The molecule has 1 N–H and O–H groups in total. The third kappa shape index (κ3) is 4.47. The summed E-state index contributed by atoms with van der Waals surface area (Å²) in [6, 6.07) is 23.9. The predicted molar refractivity (Wildman–Crippen MR) is 99.7 cm³/mol. The van der Waals surface area contributed by atoms with Crippen LogP contribution in [0.2, 0.25) is 5.02 Å². The van der Waals surface area contributed by atoms with Crippen LogP contribution in [0.15, 0.2) is 83.9 Å². The summed E-state index contributed by atoms with van der Waals surface area (Å²) in [5.41, 5.74) is 3.27. The second-order valence-corrected chi connectivity index (χ2v) is 6.09. The lowest BCUT2D eigenvalue weighted by Gasteiger charge is -2.14. The summed E-state index contributed by atoms with van der Waals surface area (Å²) in [7, 11) is 0. The van der Waals surface area contributed by atoms with Gasteiger partial charge in [0.15, 0.2) is 0 Å². The van der Waals surface area contributed by atoms with E-state index in [-0.39, 0.29) is 12.4 Å². The predicted octanol–water partition coefficient (Wildman–Crippen LogP) is 3.85. The first-order valence-corrected chi connectivity index (χ1v) is 8.32. The van der Waals surface area contributed by atoms with Gasteiger partial charge in [-0.05, 0) is 40.3 Å². The van der Waals surface area contributed by atoms with Crippen molar-refractivity contribution in [1.82, 2.24) is 0 Å². The molecule has 0 amide bonds. The number of halogens is 1. The summed E-state index contributed by atoms with van der Waals surface area (Å²) in [5.74, 6) is -0.336. The lowest BCUT2D eigenvalue weighted by Crippen LogP contribution is -2.20. The van der Waals surface area contributed by atoms with E-state index >= 15 is 0 Å². The van der Waals surface area contributed by atoms with Gasteiger partial charge in [0.05, 0.1) is 12.6 Å². The molecule has 0 fully saturated rings. The van der Waals surface area contributed by atoms with Crippen molar-refractivity contribution in [3.63, 3.8) is 0 Å². The third-order valence-corrected chi connectivity index (χ3v) is 4.15. The monoisotopic (exact) mass is 350 g/mol. The summed E-state index contributed by atoms with van der Waals surface area (Å²) in [6.45, 7) is 0.0434. The summed E-state index contributed by atoms with van der Waals surface area (Å²) < 4.78 is 0. The fourth-order valence-corrected chi connectivity index (χ4v) is 2.61. The van der Waals surface area contributed by atoms with Gasteiger partial charge < -0.3 is 10.2 Å². The summed E-state index contributed by atoms with van der Waals surface area (Å²) >= 11 is 5.89. The van der Waals surface area contributed by atoms with E-state index in [4.69, 9.17) is 11.6 Å². The molecular weight excluding hydrogens is 334 g/mol. The maximum absolute atomic E-state index is 12.2. The molecule has 0 saturated heterocycles. The zero-order chi connectivity index (χ0) is 17.6. The first-order chi connectivity index (χ1) is 12.1. The molecule has 0 aliphatic rings. The van der Waals surface area contributed by atoms with Gasteiger partial charge >= 0.3 is 0 Å². The minimum Gasteiger partial charge on any atom is -0.858 e. The van der Waals surface area contributed by atoms with Gasteiger partial charge in [-0.2, -0.15) is 0 Å². The molecule has 0 radical (unpaired) electrons. The molecule has 126 valence electrons. The molecule has 3 rings (SSSR count). The number of aliphatic hydroxyl groups excluding tert-OH is 1. The van der Waals surface area contributed by atoms with Gasteiger partial charge in [-0.1, -0.05) is 78.3 Å². The van der Waals surface area contributed by atoms with Gasteiger partial charge in [0.25, 0.3) is 0 Å². The molecule has 4 heteroatoms. The average molecular weight is 351 g/mol. The number of aliphatic imine (C=N–C) groups is 1. The molecule has 3 nitrogen and oxygen atoms in total. The Kier molecular flexibility index (Phi) is 5.49. The van der Waals surface area contributed by atoms with E-state index in [1.54, 1.807) is 12.1 Å². The second kappa shape index (κ2) is 7.97. The van der Waals surface area contributed by atoms with Gasteiger partial charge in [0.2, 0.25) is 0 Å². The van der Waals surface area contributed by atoms with E-state index in [2.05, 4.69) is 4.99 Å². The fraction of sp³-hybridized carbons (Fsp3) is 0.0952. The number of hydrogen-bond donors (Lipinski definition) is 1. The molecule has 0 aromatic heterocycles. The highest BCUT2D eigenvalue weighted by Crippen LogP contribution is 2.22. The molecule has 25 heavy (non-hydrogen) atoms. The number of hydrogen-bond acceptors (Lipinski definition) is 3. The maximum atomic E-state index is 12.2. The Bertz CT molecular complexity index is 843. The van der Waals surface area contributed by atoms with Crippen molar-refractivity contribution in [2.24, 2.45) is 4.99 Å². The number of benzene rings is 3. The largest absolute Gasteiger partial charge is 0.858 e. The molecule has 0 aliphatic heterocycles. The van der Waals surface area contributed by atoms with E-state index in [0.717, 1.165) is 16.7 Å². The highest BCUT2D eigenvalue weighted by molar-refractivity contribution is 6.30. The first kappa shape index (κ1) is 17.2. The molecule has 1 atom stereocenters. The van der Waals surface area contributed by atoms with Crippen LogP contribution in [0.4, 0.5) is 0 Å². The minimum atomic E-state index is -0.779. The molecule has 0 spiro atoms. The van der Waals surface area contributed by atoms with E-state index in [1.807, 2.05) is 66.7 Å². The van der Waals surface area contributed by atoms with Crippen LogP contribution in [0.3, 0.4) is 0 Å². The van der Waals surface area contributed by atoms with Gasteiger partial charge in [-0.25, -0.2) is 0 Å². The maximum Gasteiger partial charge on any atom is 0.0984 e. The molecule has 3 aromatic carbocycles. The van der Waals surface area contributed by atoms with Crippen molar-refractivity contribution >= 4 is 17.5 Å². The van der Waals surface area contributed by atoms with Gasteiger partial charge in [-0.3, -0.25) is 4.99 Å². The van der Waals surface area contributed by atoms with Crippen LogP contribution in [0.5, 0.6) is 0 Å². The molecular formula is C21H17ClNO2-. The van der Waals surface area contributed by atoms with E-state index in [9.17, 15) is 10.2 Å². The number of aliphatic hydroxyl groups is 1. The standard InChI is InChI=1S/C21H18ClNO2/c22-19-12-10-16(11-13-19)15-6-8-18(9-7-15)21(25)23-14-20(24)17-4-2-1-3-5-17/h1-13,20,24H,14H2,(H,23,25)/p-1/t20-/m0/s1. The zero-order valence-corrected chi connectivity index (χ0v) is 14.2. The Hall–Kier alpha value is -2.62. The number of rotatable bonds is 5. The fourth-order valence-electron chi connectivity index (χ4n) is 2.49. The average Bonchev–Trinajstić information content (AvgIpc) is 2.67. The Morgan fingerprint density at radius 2 is 1.44 bits per heavy atom. The molecule has 0 saturated carbocycles. The van der Waals surface area contributed by atoms with Gasteiger partial charge in [0, 0.05) is 5.02 Å². The zero-order valence-electron chi connectivity index (χ0n) is 13.5. The normalized spacial score (nSPS) is 12.8. The van der Waals surface area contributed by atoms with Crippen LogP contribution in [0.1, 0.15) is 17.2 Å². The molecule has 0 heterocycles. The van der Waals surface area contributed by atoms with Gasteiger partial charge in [0.1, 0.15) is 0 Å². The van der Waals surface area contributed by atoms with E-state index < -0.39 is 6.10 Å². The van der Waals surface area contributed by atoms with Crippen molar-refractivity contribution < 1.29 is 10.2 Å². The molecule has 0 aliphatic carbocycles. The van der Waals surface area contributed by atoms with Crippen LogP contribution >= 0.6 is 11.6 Å². The Morgan fingerprint density at radius 3 is 2.04 bits per heavy atom. The molecule has 3 aromatic rings. The van der Waals surface area contributed by atoms with Crippen LogP contribution in [0, 0.1) is 0 Å². The first-order valence-electron chi connectivity index (χ1n) is 7.94. The molecule has 0 unspecified atom stereocenters. The third-order valence-electron chi connectivity index (χ3n) is 3.90. The highest BCUT2D eigenvalue weighted by Gasteiger charge is 2.05.